The smallest absolute Gasteiger partial charge is 0.217 e. The molecule has 1 aromatic carbocycles. The van der Waals surface area contributed by atoms with Crippen molar-refractivity contribution in [2.45, 2.75) is 58.0 Å². The van der Waals surface area contributed by atoms with Crippen molar-refractivity contribution in [1.29, 1.82) is 0 Å². The van der Waals surface area contributed by atoms with Crippen LogP contribution in [0.25, 0.3) is 0 Å². The van der Waals surface area contributed by atoms with E-state index in [0.29, 0.717) is 0 Å². The fourth-order valence-corrected chi connectivity index (χ4v) is 2.76. The van der Waals surface area contributed by atoms with Crippen LogP contribution in [0.15, 0.2) is 30.3 Å². The molecule has 5 unspecified atom stereocenters. The minimum Gasteiger partial charge on any atom is -0.389 e. The first-order valence-corrected chi connectivity index (χ1v) is 7.91. The first-order chi connectivity index (χ1) is 11.4. The molecule has 3 N–H and O–H groups in total. The average Bonchev–Trinajstić information content (AvgIpc) is 2.53. The summed E-state index contributed by atoms with van der Waals surface area (Å²) in [5.41, 5.74) is 0.953. The van der Waals surface area contributed by atoms with E-state index in [1.165, 1.54) is 13.8 Å². The zero-order chi connectivity index (χ0) is 17.7. The van der Waals surface area contributed by atoms with E-state index >= 15 is 0 Å². The highest BCUT2D eigenvalue weighted by atomic mass is 16.7. The molecule has 1 aliphatic heterocycles. The Balaban J connectivity index is 2.10. The zero-order valence-electron chi connectivity index (χ0n) is 14.1. The molecule has 0 aliphatic carbocycles. The van der Waals surface area contributed by atoms with Crippen LogP contribution in [0.5, 0.6) is 0 Å². The predicted octanol–water partition coefficient (Wildman–Crippen LogP) is 0.318. The van der Waals surface area contributed by atoms with Gasteiger partial charge in [-0.3, -0.25) is 9.59 Å². The average molecular weight is 336 g/mol. The van der Waals surface area contributed by atoms with Crippen molar-refractivity contribution in [2.75, 3.05) is 0 Å². The fraction of sp³-hybridized carbons (Fsp3) is 0.529. The van der Waals surface area contributed by atoms with E-state index in [-0.39, 0.29) is 18.4 Å². The van der Waals surface area contributed by atoms with Crippen LogP contribution in [0.2, 0.25) is 0 Å². The van der Waals surface area contributed by atoms with Gasteiger partial charge in [0.2, 0.25) is 11.8 Å². The van der Waals surface area contributed by atoms with E-state index in [1.54, 1.807) is 6.92 Å². The topological polar surface area (TPSA) is 96.9 Å². The summed E-state index contributed by atoms with van der Waals surface area (Å²) in [5, 5.41) is 15.9. The van der Waals surface area contributed by atoms with Crippen LogP contribution in [-0.4, -0.2) is 47.5 Å². The third-order valence-electron chi connectivity index (χ3n) is 3.88. The predicted molar refractivity (Wildman–Crippen MR) is 86.8 cm³/mol. The molecular formula is C17H24N2O5. The van der Waals surface area contributed by atoms with Crippen molar-refractivity contribution in [3.05, 3.63) is 35.9 Å². The molecule has 1 aromatic rings. The molecule has 0 saturated carbocycles. The molecule has 0 bridgehead atoms. The lowest BCUT2D eigenvalue weighted by atomic mass is 9.94. The number of amides is 2. The Morgan fingerprint density at radius 3 is 2.29 bits per heavy atom. The molecule has 1 heterocycles. The van der Waals surface area contributed by atoms with Crippen molar-refractivity contribution in [2.24, 2.45) is 0 Å². The molecule has 5 atom stereocenters. The Kier molecular flexibility index (Phi) is 6.30. The Morgan fingerprint density at radius 1 is 1.12 bits per heavy atom. The van der Waals surface area contributed by atoms with Crippen LogP contribution >= 0.6 is 0 Å². The Hall–Kier alpha value is -1.96. The van der Waals surface area contributed by atoms with E-state index in [9.17, 15) is 14.7 Å². The summed E-state index contributed by atoms with van der Waals surface area (Å²) in [5.74, 6) is -0.591. The Bertz CT molecular complexity index is 565. The van der Waals surface area contributed by atoms with E-state index in [4.69, 9.17) is 9.47 Å². The first-order valence-electron chi connectivity index (χ1n) is 7.91. The minimum atomic E-state index is -1.03. The summed E-state index contributed by atoms with van der Waals surface area (Å²) in [6.45, 7) is 4.75. The molecule has 7 heteroatoms. The molecule has 24 heavy (non-hydrogen) atoms. The van der Waals surface area contributed by atoms with Crippen LogP contribution in [0.4, 0.5) is 0 Å². The number of aliphatic hydroxyl groups excluding tert-OH is 1. The van der Waals surface area contributed by atoms with Gasteiger partial charge in [-0.1, -0.05) is 30.3 Å². The van der Waals surface area contributed by atoms with Crippen LogP contribution in [0, 0.1) is 0 Å². The lowest BCUT2D eigenvalue weighted by Gasteiger charge is -2.43. The molecule has 2 rings (SSSR count). The molecule has 132 valence electrons. The summed E-state index contributed by atoms with van der Waals surface area (Å²) >= 11 is 0. The number of ether oxygens (including phenoxy) is 2. The van der Waals surface area contributed by atoms with Crippen LogP contribution in [-0.2, 0) is 25.7 Å². The molecule has 1 aliphatic rings. The number of rotatable bonds is 5. The van der Waals surface area contributed by atoms with Crippen LogP contribution in [0.3, 0.4) is 0 Å². The zero-order valence-corrected chi connectivity index (χ0v) is 14.1. The third kappa shape index (κ3) is 4.77. The third-order valence-corrected chi connectivity index (χ3v) is 3.88. The molecule has 7 nitrogen and oxygen atoms in total. The van der Waals surface area contributed by atoms with E-state index in [2.05, 4.69) is 10.6 Å². The summed E-state index contributed by atoms with van der Waals surface area (Å²) in [4.78, 5) is 22.8. The number of benzene rings is 1. The highest BCUT2D eigenvalue weighted by Gasteiger charge is 2.44. The van der Waals surface area contributed by atoms with Gasteiger partial charge in [-0.05, 0) is 12.5 Å². The maximum atomic E-state index is 11.5. The maximum Gasteiger partial charge on any atom is 0.217 e. The summed E-state index contributed by atoms with van der Waals surface area (Å²) in [6.07, 6.45) is -2.30. The molecule has 1 fully saturated rings. The normalized spacial score (nSPS) is 29.8. The van der Waals surface area contributed by atoms with Crippen LogP contribution in [0.1, 0.15) is 26.3 Å². The summed E-state index contributed by atoms with van der Waals surface area (Å²) in [7, 11) is 0. The van der Waals surface area contributed by atoms with Crippen molar-refractivity contribution in [1.82, 2.24) is 10.6 Å². The van der Waals surface area contributed by atoms with Gasteiger partial charge in [-0.25, -0.2) is 0 Å². The number of aliphatic hydroxyl groups is 1. The van der Waals surface area contributed by atoms with Gasteiger partial charge in [0.15, 0.2) is 6.29 Å². The molecular weight excluding hydrogens is 312 g/mol. The van der Waals surface area contributed by atoms with E-state index in [1.807, 2.05) is 30.3 Å². The van der Waals surface area contributed by atoms with E-state index < -0.39 is 30.6 Å². The van der Waals surface area contributed by atoms with Crippen molar-refractivity contribution < 1.29 is 24.2 Å². The van der Waals surface area contributed by atoms with Gasteiger partial charge in [0, 0.05) is 13.8 Å². The standard InChI is InChI=1S/C17H24N2O5/c1-10-14(18-11(2)20)16(22)15(19-12(3)21)17(24-10)23-9-13-7-5-4-6-8-13/h4-8,10,14-17,22H,9H2,1-3H3,(H,18,20)(H,19,21). The second kappa shape index (κ2) is 8.23. The molecule has 0 aromatic heterocycles. The number of carbonyl (C=O) groups excluding carboxylic acids is 2. The van der Waals surface area contributed by atoms with Gasteiger partial charge in [0.05, 0.1) is 18.8 Å². The van der Waals surface area contributed by atoms with Crippen molar-refractivity contribution in [3.63, 3.8) is 0 Å². The largest absolute Gasteiger partial charge is 0.389 e. The lowest BCUT2D eigenvalue weighted by Crippen LogP contribution is -2.67. The van der Waals surface area contributed by atoms with Gasteiger partial charge in [-0.2, -0.15) is 0 Å². The minimum absolute atomic E-state index is 0.278. The lowest BCUT2D eigenvalue weighted by molar-refractivity contribution is -0.241. The van der Waals surface area contributed by atoms with Gasteiger partial charge in [-0.15, -0.1) is 0 Å². The number of carbonyl (C=O) groups is 2. The highest BCUT2D eigenvalue weighted by Crippen LogP contribution is 2.23. The fourth-order valence-electron chi connectivity index (χ4n) is 2.76. The molecule has 0 spiro atoms. The SMILES string of the molecule is CC(=O)NC1C(C)OC(OCc2ccccc2)C(NC(C)=O)C1O. The molecule has 0 radical (unpaired) electrons. The number of nitrogens with one attached hydrogen (secondary N) is 2. The van der Waals surface area contributed by atoms with Gasteiger partial charge < -0.3 is 25.2 Å². The first kappa shape index (κ1) is 18.4. The van der Waals surface area contributed by atoms with Gasteiger partial charge >= 0.3 is 0 Å². The molecule has 2 amide bonds. The number of hydrogen-bond donors (Lipinski definition) is 3. The second-order valence-corrected chi connectivity index (χ2v) is 5.95. The number of hydrogen-bond acceptors (Lipinski definition) is 5. The van der Waals surface area contributed by atoms with Crippen LogP contribution < -0.4 is 10.6 Å². The van der Waals surface area contributed by atoms with Gasteiger partial charge in [0.25, 0.3) is 0 Å². The second-order valence-electron chi connectivity index (χ2n) is 5.95. The van der Waals surface area contributed by atoms with E-state index in [0.717, 1.165) is 5.56 Å². The Morgan fingerprint density at radius 2 is 1.71 bits per heavy atom. The maximum absolute atomic E-state index is 11.5. The monoisotopic (exact) mass is 336 g/mol. The molecule has 1 saturated heterocycles. The Labute approximate surface area is 141 Å². The van der Waals surface area contributed by atoms with Gasteiger partial charge in [0.1, 0.15) is 12.1 Å². The van der Waals surface area contributed by atoms with Crippen molar-refractivity contribution in [3.8, 4) is 0 Å². The van der Waals surface area contributed by atoms with Crippen molar-refractivity contribution >= 4 is 11.8 Å². The summed E-state index contributed by atoms with van der Waals surface area (Å²) < 4.78 is 11.6. The summed E-state index contributed by atoms with van der Waals surface area (Å²) in [6, 6.07) is 8.12. The highest BCUT2D eigenvalue weighted by molar-refractivity contribution is 5.74. The quantitative estimate of drug-likeness (QED) is 0.719.